The van der Waals surface area contributed by atoms with Crippen LogP contribution in [0.5, 0.6) is 11.5 Å². The van der Waals surface area contributed by atoms with E-state index in [4.69, 9.17) is 22.1 Å². The first kappa shape index (κ1) is 11.8. The van der Waals surface area contributed by atoms with Crippen LogP contribution < -0.4 is 10.5 Å². The van der Waals surface area contributed by atoms with Gasteiger partial charge in [-0.25, -0.2) is 0 Å². The van der Waals surface area contributed by atoms with E-state index in [1.165, 1.54) is 0 Å². The number of hydrogen-bond acceptors (Lipinski definition) is 2. The molecule has 3 heteroatoms. The average Bonchev–Trinajstić information content (AvgIpc) is 2.21. The van der Waals surface area contributed by atoms with Gasteiger partial charge < -0.3 is 10.5 Å². The van der Waals surface area contributed by atoms with E-state index in [2.05, 4.69) is 6.07 Å². The summed E-state index contributed by atoms with van der Waals surface area (Å²) in [6.45, 7) is 4.07. The van der Waals surface area contributed by atoms with E-state index in [0.717, 1.165) is 16.9 Å². The Bertz CT molecular complexity index is 532. The number of hydrogen-bond donors (Lipinski definition) is 1. The zero-order valence-electron chi connectivity index (χ0n) is 9.83. The Morgan fingerprint density at radius 2 is 1.65 bits per heavy atom. The van der Waals surface area contributed by atoms with Crippen LogP contribution >= 0.6 is 11.6 Å². The minimum atomic E-state index is 0.539. The van der Waals surface area contributed by atoms with Crippen molar-refractivity contribution in [2.24, 2.45) is 0 Å². The predicted octanol–water partition coefficient (Wildman–Crippen LogP) is 4.33. The van der Waals surface area contributed by atoms with Gasteiger partial charge in [0.15, 0.2) is 0 Å². The summed E-state index contributed by atoms with van der Waals surface area (Å²) < 4.78 is 5.74. The molecule has 2 N–H and O–H groups in total. The molecule has 0 saturated carbocycles. The molecule has 2 aromatic rings. The van der Waals surface area contributed by atoms with Crippen molar-refractivity contribution in [1.82, 2.24) is 0 Å². The summed E-state index contributed by atoms with van der Waals surface area (Å²) in [5, 5.41) is 0.607. The largest absolute Gasteiger partial charge is 0.455 e. The Hall–Kier alpha value is -1.67. The quantitative estimate of drug-likeness (QED) is 0.802. The molecule has 0 aliphatic heterocycles. The number of benzene rings is 2. The van der Waals surface area contributed by atoms with Gasteiger partial charge in [0, 0.05) is 5.02 Å². The maximum absolute atomic E-state index is 5.84. The SMILES string of the molecule is Cc1cc(C)cc(Oc2ccc(Cl)cc2N)c1. The number of halogens is 1. The molecule has 2 rings (SSSR count). The smallest absolute Gasteiger partial charge is 0.150 e. The van der Waals surface area contributed by atoms with Gasteiger partial charge >= 0.3 is 0 Å². The lowest BCUT2D eigenvalue weighted by atomic mass is 10.1. The molecule has 0 aliphatic rings. The van der Waals surface area contributed by atoms with Crippen LogP contribution in [0.15, 0.2) is 36.4 Å². The molecule has 0 saturated heterocycles. The Labute approximate surface area is 106 Å². The first-order valence-corrected chi connectivity index (χ1v) is 5.73. The van der Waals surface area contributed by atoms with Gasteiger partial charge in [-0.1, -0.05) is 17.7 Å². The summed E-state index contributed by atoms with van der Waals surface area (Å²) >= 11 is 5.83. The first-order chi connectivity index (χ1) is 8.04. The lowest BCUT2D eigenvalue weighted by Crippen LogP contribution is -1.92. The van der Waals surface area contributed by atoms with Gasteiger partial charge in [0.1, 0.15) is 11.5 Å². The number of nitrogen functional groups attached to an aromatic ring is 1. The van der Waals surface area contributed by atoms with Crippen molar-refractivity contribution >= 4 is 17.3 Å². The highest BCUT2D eigenvalue weighted by Gasteiger charge is 2.03. The van der Waals surface area contributed by atoms with E-state index in [1.807, 2.05) is 26.0 Å². The summed E-state index contributed by atoms with van der Waals surface area (Å²) in [6, 6.07) is 11.3. The van der Waals surface area contributed by atoms with Crippen molar-refractivity contribution in [3.63, 3.8) is 0 Å². The Balaban J connectivity index is 2.31. The van der Waals surface area contributed by atoms with Crippen LogP contribution in [0, 0.1) is 13.8 Å². The second kappa shape index (κ2) is 4.68. The zero-order chi connectivity index (χ0) is 12.4. The molecule has 0 bridgehead atoms. The van der Waals surface area contributed by atoms with Crippen molar-refractivity contribution in [1.29, 1.82) is 0 Å². The zero-order valence-corrected chi connectivity index (χ0v) is 10.6. The number of rotatable bonds is 2. The summed E-state index contributed by atoms with van der Waals surface area (Å²) in [7, 11) is 0. The number of ether oxygens (including phenoxy) is 1. The fourth-order valence-electron chi connectivity index (χ4n) is 1.73. The van der Waals surface area contributed by atoms with Crippen molar-refractivity contribution in [3.05, 3.63) is 52.5 Å². The third-order valence-corrected chi connectivity index (χ3v) is 2.63. The standard InChI is InChI=1S/C14H14ClNO/c1-9-5-10(2)7-12(6-9)17-14-4-3-11(15)8-13(14)16/h3-8H,16H2,1-2H3. The van der Waals surface area contributed by atoms with Gasteiger partial charge in [0.25, 0.3) is 0 Å². The van der Waals surface area contributed by atoms with Crippen LogP contribution in [0.3, 0.4) is 0 Å². The van der Waals surface area contributed by atoms with Crippen molar-refractivity contribution in [2.45, 2.75) is 13.8 Å². The molecule has 2 nitrogen and oxygen atoms in total. The van der Waals surface area contributed by atoms with E-state index < -0.39 is 0 Å². The number of aryl methyl sites for hydroxylation is 2. The Kier molecular flexibility index (Phi) is 3.25. The molecule has 88 valence electrons. The van der Waals surface area contributed by atoms with E-state index in [-0.39, 0.29) is 0 Å². The fraction of sp³-hybridized carbons (Fsp3) is 0.143. The molecule has 17 heavy (non-hydrogen) atoms. The van der Waals surface area contributed by atoms with E-state index in [9.17, 15) is 0 Å². The second-order valence-electron chi connectivity index (χ2n) is 4.11. The van der Waals surface area contributed by atoms with Crippen LogP contribution in [-0.2, 0) is 0 Å². The topological polar surface area (TPSA) is 35.2 Å². The van der Waals surface area contributed by atoms with Crippen LogP contribution in [-0.4, -0.2) is 0 Å². The molecular formula is C14H14ClNO. The van der Waals surface area contributed by atoms with E-state index >= 15 is 0 Å². The van der Waals surface area contributed by atoms with Gasteiger partial charge in [-0.15, -0.1) is 0 Å². The van der Waals surface area contributed by atoms with Gasteiger partial charge in [-0.3, -0.25) is 0 Å². The summed E-state index contributed by atoms with van der Waals surface area (Å²) in [4.78, 5) is 0. The maximum atomic E-state index is 5.84. The van der Waals surface area contributed by atoms with Crippen molar-refractivity contribution in [3.8, 4) is 11.5 Å². The first-order valence-electron chi connectivity index (χ1n) is 5.36. The van der Waals surface area contributed by atoms with Crippen molar-refractivity contribution in [2.75, 3.05) is 5.73 Å². The maximum Gasteiger partial charge on any atom is 0.150 e. The molecule has 0 radical (unpaired) electrons. The highest BCUT2D eigenvalue weighted by molar-refractivity contribution is 6.30. The summed E-state index contributed by atoms with van der Waals surface area (Å²) in [5.74, 6) is 1.41. The molecule has 0 amide bonds. The normalized spacial score (nSPS) is 10.3. The highest BCUT2D eigenvalue weighted by Crippen LogP contribution is 2.30. The van der Waals surface area contributed by atoms with E-state index in [0.29, 0.717) is 16.5 Å². The molecule has 0 spiro atoms. The third kappa shape index (κ3) is 2.92. The lowest BCUT2D eigenvalue weighted by Gasteiger charge is -2.10. The van der Waals surface area contributed by atoms with Gasteiger partial charge in [-0.05, 0) is 55.3 Å². The molecule has 0 aliphatic carbocycles. The van der Waals surface area contributed by atoms with Crippen LogP contribution in [0.1, 0.15) is 11.1 Å². The van der Waals surface area contributed by atoms with Crippen LogP contribution in [0.2, 0.25) is 5.02 Å². The predicted molar refractivity (Wildman–Crippen MR) is 71.9 cm³/mol. The lowest BCUT2D eigenvalue weighted by molar-refractivity contribution is 0.484. The molecular weight excluding hydrogens is 234 g/mol. The van der Waals surface area contributed by atoms with Gasteiger partial charge in [0.05, 0.1) is 5.69 Å². The van der Waals surface area contributed by atoms with Crippen LogP contribution in [0.25, 0.3) is 0 Å². The minimum absolute atomic E-state index is 0.539. The second-order valence-corrected chi connectivity index (χ2v) is 4.54. The molecule has 0 heterocycles. The summed E-state index contributed by atoms with van der Waals surface area (Å²) in [5.41, 5.74) is 8.69. The molecule has 2 aromatic carbocycles. The van der Waals surface area contributed by atoms with Crippen LogP contribution in [0.4, 0.5) is 5.69 Å². The minimum Gasteiger partial charge on any atom is -0.455 e. The van der Waals surface area contributed by atoms with Gasteiger partial charge in [-0.2, -0.15) is 0 Å². The highest BCUT2D eigenvalue weighted by atomic mass is 35.5. The molecule has 0 aromatic heterocycles. The average molecular weight is 248 g/mol. The molecule has 0 unspecified atom stereocenters. The fourth-order valence-corrected chi connectivity index (χ4v) is 1.91. The Morgan fingerprint density at radius 3 is 2.24 bits per heavy atom. The monoisotopic (exact) mass is 247 g/mol. The van der Waals surface area contributed by atoms with Gasteiger partial charge in [0.2, 0.25) is 0 Å². The number of nitrogens with two attached hydrogens (primary N) is 1. The third-order valence-electron chi connectivity index (χ3n) is 2.39. The Morgan fingerprint density at radius 1 is 1.00 bits per heavy atom. The van der Waals surface area contributed by atoms with E-state index in [1.54, 1.807) is 18.2 Å². The summed E-state index contributed by atoms with van der Waals surface area (Å²) in [6.07, 6.45) is 0. The number of anilines is 1. The molecule has 0 atom stereocenters. The molecule has 0 fully saturated rings. The van der Waals surface area contributed by atoms with Crippen molar-refractivity contribution < 1.29 is 4.74 Å².